The lowest BCUT2D eigenvalue weighted by atomic mass is 10.1. The molecule has 0 aliphatic heterocycles. The Hall–Kier alpha value is -3.65. The van der Waals surface area contributed by atoms with Crippen LogP contribution in [0.2, 0.25) is 0 Å². The van der Waals surface area contributed by atoms with Crippen molar-refractivity contribution in [1.82, 2.24) is 10.2 Å². The topological polar surface area (TPSA) is 86.8 Å². The maximum absolute atomic E-state index is 14.2. The van der Waals surface area contributed by atoms with E-state index in [9.17, 15) is 18.0 Å². The van der Waals surface area contributed by atoms with E-state index in [2.05, 4.69) is 5.32 Å². The van der Waals surface area contributed by atoms with Gasteiger partial charge in [0.1, 0.15) is 12.6 Å². The molecule has 0 heterocycles. The van der Waals surface area contributed by atoms with E-state index in [1.54, 1.807) is 36.4 Å². The first kappa shape index (κ1) is 31.9. The van der Waals surface area contributed by atoms with E-state index in [1.807, 2.05) is 71.9 Å². The van der Waals surface area contributed by atoms with Crippen molar-refractivity contribution in [2.75, 3.05) is 17.4 Å². The zero-order valence-corrected chi connectivity index (χ0v) is 25.9. The van der Waals surface area contributed by atoms with Crippen molar-refractivity contribution in [2.45, 2.75) is 78.3 Å². The predicted molar refractivity (Wildman–Crippen MR) is 165 cm³/mol. The van der Waals surface area contributed by atoms with Crippen LogP contribution in [0.3, 0.4) is 0 Å². The molecule has 41 heavy (non-hydrogen) atoms. The van der Waals surface area contributed by atoms with Crippen LogP contribution >= 0.6 is 0 Å². The van der Waals surface area contributed by atoms with Gasteiger partial charge in [0, 0.05) is 13.1 Å². The maximum Gasteiger partial charge on any atom is 0.264 e. The van der Waals surface area contributed by atoms with Gasteiger partial charge >= 0.3 is 0 Å². The second-order valence-electron chi connectivity index (χ2n) is 10.6. The highest BCUT2D eigenvalue weighted by Gasteiger charge is 2.34. The second kappa shape index (κ2) is 14.3. The van der Waals surface area contributed by atoms with Crippen LogP contribution in [0.5, 0.6) is 0 Å². The summed E-state index contributed by atoms with van der Waals surface area (Å²) in [6, 6.07) is 19.1. The molecule has 1 atom stereocenters. The van der Waals surface area contributed by atoms with E-state index in [1.165, 1.54) is 9.21 Å². The number of unbranched alkanes of at least 4 members (excludes halogenated alkanes) is 1. The average molecular weight is 578 g/mol. The number of sulfonamides is 1. The number of carbonyl (C=O) groups excluding carboxylic acids is 2. The number of nitrogens with one attached hydrogen (secondary N) is 1. The molecular weight excluding hydrogens is 534 g/mol. The molecule has 0 saturated heterocycles. The Kier molecular flexibility index (Phi) is 11.1. The molecule has 220 valence electrons. The fourth-order valence-corrected chi connectivity index (χ4v) is 6.14. The third-order valence-electron chi connectivity index (χ3n) is 7.42. The van der Waals surface area contributed by atoms with Crippen LogP contribution in [-0.4, -0.2) is 44.3 Å². The zero-order valence-electron chi connectivity index (χ0n) is 25.1. The molecule has 0 aliphatic rings. The standard InChI is InChI=1S/C33H43N3O4S/c1-7-9-21-34-33(38)30(8-2)35(22-28-17-13-24(3)14-18-28)32(37)23-36(31-12-10-11-26(5)27(31)6)41(39,40)29-19-15-25(4)16-20-29/h10-20,30H,7-9,21-23H2,1-6H3,(H,34,38)/t30-/m1/s1. The molecule has 0 saturated carbocycles. The van der Waals surface area contributed by atoms with E-state index >= 15 is 0 Å². The lowest BCUT2D eigenvalue weighted by molar-refractivity contribution is -0.140. The second-order valence-corrected chi connectivity index (χ2v) is 12.5. The number of nitrogens with zero attached hydrogens (tertiary/aromatic N) is 2. The highest BCUT2D eigenvalue weighted by atomic mass is 32.2. The van der Waals surface area contributed by atoms with Gasteiger partial charge in [-0.05, 0) is 75.4 Å². The van der Waals surface area contributed by atoms with Gasteiger partial charge in [-0.2, -0.15) is 0 Å². The lowest BCUT2D eigenvalue weighted by Gasteiger charge is -2.33. The van der Waals surface area contributed by atoms with Crippen molar-refractivity contribution >= 4 is 27.5 Å². The summed E-state index contributed by atoms with van der Waals surface area (Å²) in [7, 11) is -4.10. The molecule has 0 unspecified atom stereocenters. The van der Waals surface area contributed by atoms with E-state index in [4.69, 9.17) is 0 Å². The fourth-order valence-electron chi connectivity index (χ4n) is 4.67. The molecule has 0 aromatic heterocycles. The van der Waals surface area contributed by atoms with E-state index in [0.29, 0.717) is 18.7 Å². The SMILES string of the molecule is CCCCNC(=O)[C@@H](CC)N(Cc1ccc(C)cc1)C(=O)CN(c1cccc(C)c1C)S(=O)(=O)c1ccc(C)cc1. The molecular formula is C33H43N3O4S. The first-order chi connectivity index (χ1) is 19.5. The number of rotatable bonds is 13. The van der Waals surface area contributed by atoms with Crippen LogP contribution in [0.15, 0.2) is 71.6 Å². The molecule has 0 fully saturated rings. The van der Waals surface area contributed by atoms with E-state index in [-0.39, 0.29) is 17.3 Å². The van der Waals surface area contributed by atoms with Crippen molar-refractivity contribution in [1.29, 1.82) is 0 Å². The molecule has 3 aromatic rings. The molecule has 3 aromatic carbocycles. The highest BCUT2D eigenvalue weighted by molar-refractivity contribution is 7.92. The Morgan fingerprint density at radius 3 is 2.05 bits per heavy atom. The molecule has 0 aliphatic carbocycles. The molecule has 0 bridgehead atoms. The van der Waals surface area contributed by atoms with E-state index < -0.39 is 28.5 Å². The summed E-state index contributed by atoms with van der Waals surface area (Å²) in [5.74, 6) is -0.680. The summed E-state index contributed by atoms with van der Waals surface area (Å²) < 4.78 is 29.4. The first-order valence-electron chi connectivity index (χ1n) is 14.3. The lowest BCUT2D eigenvalue weighted by Crippen LogP contribution is -2.52. The molecule has 8 heteroatoms. The van der Waals surface area contributed by atoms with Crippen molar-refractivity contribution in [3.8, 4) is 0 Å². The molecule has 0 radical (unpaired) electrons. The Morgan fingerprint density at radius 1 is 0.854 bits per heavy atom. The third kappa shape index (κ3) is 7.97. The number of aryl methyl sites for hydroxylation is 3. The van der Waals surface area contributed by atoms with Gasteiger partial charge in [-0.15, -0.1) is 0 Å². The summed E-state index contributed by atoms with van der Waals surface area (Å²) in [6.45, 7) is 11.8. The fraction of sp³-hybridized carbons (Fsp3) is 0.394. The number of hydrogen-bond donors (Lipinski definition) is 1. The Balaban J connectivity index is 2.07. The quantitative estimate of drug-likeness (QED) is 0.259. The summed E-state index contributed by atoms with van der Waals surface area (Å²) in [5.41, 5.74) is 5.00. The Bertz CT molecular complexity index is 1430. The first-order valence-corrected chi connectivity index (χ1v) is 15.7. The van der Waals surface area contributed by atoms with Gasteiger partial charge in [0.05, 0.1) is 10.6 Å². The predicted octanol–water partition coefficient (Wildman–Crippen LogP) is 5.84. The molecule has 0 spiro atoms. The average Bonchev–Trinajstić information content (AvgIpc) is 2.94. The summed E-state index contributed by atoms with van der Waals surface area (Å²) in [6.07, 6.45) is 2.16. The van der Waals surface area contributed by atoms with Gasteiger partial charge in [0.25, 0.3) is 10.0 Å². The summed E-state index contributed by atoms with van der Waals surface area (Å²) in [4.78, 5) is 29.1. The largest absolute Gasteiger partial charge is 0.354 e. The van der Waals surface area contributed by atoms with E-state index in [0.717, 1.165) is 40.7 Å². The molecule has 2 amide bonds. The van der Waals surface area contributed by atoms with Crippen molar-refractivity contribution < 1.29 is 18.0 Å². The van der Waals surface area contributed by atoms with Crippen LogP contribution in [-0.2, 0) is 26.2 Å². The van der Waals surface area contributed by atoms with Crippen LogP contribution in [0, 0.1) is 27.7 Å². The van der Waals surface area contributed by atoms with Crippen LogP contribution < -0.4 is 9.62 Å². The third-order valence-corrected chi connectivity index (χ3v) is 9.20. The van der Waals surface area contributed by atoms with Gasteiger partial charge in [0.15, 0.2) is 0 Å². The minimum absolute atomic E-state index is 0.103. The summed E-state index contributed by atoms with van der Waals surface area (Å²) >= 11 is 0. The minimum Gasteiger partial charge on any atom is -0.354 e. The van der Waals surface area contributed by atoms with Gasteiger partial charge in [0.2, 0.25) is 11.8 Å². The van der Waals surface area contributed by atoms with Gasteiger partial charge < -0.3 is 10.2 Å². The number of carbonyl (C=O) groups is 2. The maximum atomic E-state index is 14.2. The van der Waals surface area contributed by atoms with Crippen LogP contribution in [0.25, 0.3) is 0 Å². The number of benzene rings is 3. The Labute approximate surface area is 245 Å². The van der Waals surface area contributed by atoms with Crippen molar-refractivity contribution in [2.24, 2.45) is 0 Å². The molecule has 3 rings (SSSR count). The monoisotopic (exact) mass is 577 g/mol. The van der Waals surface area contributed by atoms with Crippen LogP contribution in [0.1, 0.15) is 60.9 Å². The van der Waals surface area contributed by atoms with Crippen LogP contribution in [0.4, 0.5) is 5.69 Å². The number of hydrogen-bond acceptors (Lipinski definition) is 4. The van der Waals surface area contributed by atoms with Gasteiger partial charge in [-0.1, -0.05) is 79.9 Å². The number of anilines is 1. The zero-order chi connectivity index (χ0) is 30.2. The summed E-state index contributed by atoms with van der Waals surface area (Å²) in [5, 5.41) is 2.96. The smallest absolute Gasteiger partial charge is 0.264 e. The molecule has 7 nitrogen and oxygen atoms in total. The Morgan fingerprint density at radius 2 is 1.46 bits per heavy atom. The van der Waals surface area contributed by atoms with Crippen molar-refractivity contribution in [3.05, 3.63) is 94.5 Å². The van der Waals surface area contributed by atoms with Gasteiger partial charge in [-0.3, -0.25) is 13.9 Å². The highest BCUT2D eigenvalue weighted by Crippen LogP contribution is 2.29. The normalized spacial score (nSPS) is 12.0. The van der Waals surface area contributed by atoms with Gasteiger partial charge in [-0.25, -0.2) is 8.42 Å². The minimum atomic E-state index is -4.10. The number of amides is 2. The van der Waals surface area contributed by atoms with Crippen molar-refractivity contribution in [3.63, 3.8) is 0 Å². The molecule has 1 N–H and O–H groups in total.